The van der Waals surface area contributed by atoms with Crippen molar-refractivity contribution in [3.8, 4) is 0 Å². The highest BCUT2D eigenvalue weighted by Gasteiger charge is 2.36. The number of carbonyl (C=O) groups excluding carboxylic acids is 3. The maximum absolute atomic E-state index is 12.2. The Kier molecular flexibility index (Phi) is 3.13. The van der Waals surface area contributed by atoms with Gasteiger partial charge in [-0.2, -0.15) is 4.52 Å². The normalized spacial score (nSPS) is 13.6. The van der Waals surface area contributed by atoms with Gasteiger partial charge in [0.25, 0.3) is 11.8 Å². The van der Waals surface area contributed by atoms with Crippen molar-refractivity contribution in [1.29, 1.82) is 0 Å². The molecule has 0 atom stereocenters. The van der Waals surface area contributed by atoms with Gasteiger partial charge in [-0.15, -0.1) is 15.3 Å². The first-order chi connectivity index (χ1) is 11.5. The van der Waals surface area contributed by atoms with E-state index in [2.05, 4.69) is 20.6 Å². The predicted octanol–water partition coefficient (Wildman–Crippen LogP) is 0.729. The zero-order valence-corrected chi connectivity index (χ0v) is 13.2. The Balaban J connectivity index is 1.50. The number of hydrogen-bond acceptors (Lipinski definition) is 7. The van der Waals surface area contributed by atoms with Crippen LogP contribution in [0.2, 0.25) is 0 Å². The van der Waals surface area contributed by atoms with Crippen LogP contribution in [0.4, 0.5) is 5.13 Å². The molecule has 0 bridgehead atoms. The van der Waals surface area contributed by atoms with E-state index < -0.39 is 17.7 Å². The average molecular weight is 342 g/mol. The molecule has 9 nitrogen and oxygen atoms in total. The molecule has 1 aromatic carbocycles. The van der Waals surface area contributed by atoms with Crippen LogP contribution < -0.4 is 5.32 Å². The van der Waals surface area contributed by atoms with Crippen molar-refractivity contribution >= 4 is 39.2 Å². The zero-order valence-electron chi connectivity index (χ0n) is 12.4. The summed E-state index contributed by atoms with van der Waals surface area (Å²) in [5.41, 5.74) is 0.620. The molecule has 2 aromatic heterocycles. The standard InChI is InChI=1S/C14H10N6O3S/c1-7-16-17-14-20(7)18-13(24-14)15-10(21)6-19-11(22)8-4-2-3-5-9(8)12(19)23/h2-5H,6H2,1H3,(H,15,18,21). The third-order valence-corrected chi connectivity index (χ3v) is 4.39. The van der Waals surface area contributed by atoms with Crippen LogP contribution in [0, 0.1) is 6.92 Å². The lowest BCUT2D eigenvalue weighted by atomic mass is 10.1. The summed E-state index contributed by atoms with van der Waals surface area (Å²) in [7, 11) is 0. The highest BCUT2D eigenvalue weighted by atomic mass is 32.1. The smallest absolute Gasteiger partial charge is 0.262 e. The van der Waals surface area contributed by atoms with Gasteiger partial charge in [0.15, 0.2) is 5.82 Å². The number of aromatic nitrogens is 4. The highest BCUT2D eigenvalue weighted by molar-refractivity contribution is 7.20. The third kappa shape index (κ3) is 2.15. The molecule has 0 aliphatic carbocycles. The predicted molar refractivity (Wildman–Crippen MR) is 83.8 cm³/mol. The largest absolute Gasteiger partial charge is 0.299 e. The van der Waals surface area contributed by atoms with E-state index in [4.69, 9.17) is 0 Å². The fourth-order valence-electron chi connectivity index (χ4n) is 2.45. The summed E-state index contributed by atoms with van der Waals surface area (Å²) in [6.07, 6.45) is 0. The van der Waals surface area contributed by atoms with Crippen molar-refractivity contribution in [2.24, 2.45) is 0 Å². The van der Waals surface area contributed by atoms with E-state index in [0.717, 1.165) is 16.2 Å². The van der Waals surface area contributed by atoms with E-state index in [1.807, 2.05) is 0 Å². The Morgan fingerprint density at radius 1 is 1.17 bits per heavy atom. The van der Waals surface area contributed by atoms with Gasteiger partial charge in [-0.1, -0.05) is 23.5 Å². The molecule has 3 heterocycles. The van der Waals surface area contributed by atoms with Gasteiger partial charge in [-0.05, 0) is 19.1 Å². The number of fused-ring (bicyclic) bond motifs is 2. The minimum absolute atomic E-state index is 0.310. The number of benzene rings is 1. The van der Waals surface area contributed by atoms with Crippen molar-refractivity contribution in [3.63, 3.8) is 0 Å². The zero-order chi connectivity index (χ0) is 16.8. The quantitative estimate of drug-likeness (QED) is 0.703. The summed E-state index contributed by atoms with van der Waals surface area (Å²) >= 11 is 1.15. The van der Waals surface area contributed by atoms with Crippen LogP contribution in [0.15, 0.2) is 24.3 Å². The highest BCUT2D eigenvalue weighted by Crippen LogP contribution is 2.23. The summed E-state index contributed by atoms with van der Waals surface area (Å²) < 4.78 is 1.50. The van der Waals surface area contributed by atoms with E-state index in [-0.39, 0.29) is 6.54 Å². The second kappa shape index (κ2) is 5.20. The van der Waals surface area contributed by atoms with Gasteiger partial charge in [-0.25, -0.2) is 0 Å². The molecular weight excluding hydrogens is 332 g/mol. The minimum Gasteiger partial charge on any atom is -0.299 e. The summed E-state index contributed by atoms with van der Waals surface area (Å²) in [6, 6.07) is 6.49. The fourth-order valence-corrected chi connectivity index (χ4v) is 3.25. The van der Waals surface area contributed by atoms with Gasteiger partial charge >= 0.3 is 0 Å². The lowest BCUT2D eigenvalue weighted by molar-refractivity contribution is -0.116. The Morgan fingerprint density at radius 3 is 2.46 bits per heavy atom. The molecule has 0 unspecified atom stereocenters. The first-order valence-corrected chi connectivity index (χ1v) is 7.80. The maximum Gasteiger partial charge on any atom is 0.262 e. The van der Waals surface area contributed by atoms with Crippen molar-refractivity contribution in [2.75, 3.05) is 11.9 Å². The van der Waals surface area contributed by atoms with Crippen LogP contribution in [0.3, 0.4) is 0 Å². The van der Waals surface area contributed by atoms with Crippen molar-refractivity contribution in [2.45, 2.75) is 6.92 Å². The monoisotopic (exact) mass is 342 g/mol. The third-order valence-electron chi connectivity index (χ3n) is 3.57. The summed E-state index contributed by atoms with van der Waals surface area (Å²) in [5, 5.41) is 14.8. The van der Waals surface area contributed by atoms with Gasteiger partial charge < -0.3 is 0 Å². The second-order valence-corrected chi connectivity index (χ2v) is 6.09. The maximum atomic E-state index is 12.2. The van der Waals surface area contributed by atoms with E-state index in [1.165, 1.54) is 4.52 Å². The molecule has 120 valence electrons. The number of hydrogen-bond donors (Lipinski definition) is 1. The van der Waals surface area contributed by atoms with E-state index in [9.17, 15) is 14.4 Å². The van der Waals surface area contributed by atoms with Crippen molar-refractivity contribution < 1.29 is 14.4 Å². The van der Waals surface area contributed by atoms with Crippen LogP contribution in [0.5, 0.6) is 0 Å². The number of imide groups is 1. The van der Waals surface area contributed by atoms with Crippen LogP contribution in [-0.2, 0) is 4.79 Å². The molecule has 0 radical (unpaired) electrons. The van der Waals surface area contributed by atoms with Crippen LogP contribution >= 0.6 is 11.3 Å². The number of aryl methyl sites for hydroxylation is 1. The van der Waals surface area contributed by atoms with Gasteiger partial charge in [0.2, 0.25) is 16.0 Å². The topological polar surface area (TPSA) is 110 Å². The number of nitrogens with one attached hydrogen (secondary N) is 1. The number of rotatable bonds is 3. The van der Waals surface area contributed by atoms with Crippen molar-refractivity contribution in [3.05, 3.63) is 41.2 Å². The molecule has 3 aromatic rings. The summed E-state index contributed by atoms with van der Waals surface area (Å²) in [5.74, 6) is -0.853. The number of amides is 3. The molecular formula is C14H10N6O3S. The van der Waals surface area contributed by atoms with Crippen molar-refractivity contribution in [1.82, 2.24) is 24.7 Å². The molecule has 1 aliphatic heterocycles. The second-order valence-electron chi connectivity index (χ2n) is 5.14. The van der Waals surface area contributed by atoms with E-state index >= 15 is 0 Å². The Hall–Kier alpha value is -3.14. The molecule has 0 saturated heterocycles. The van der Waals surface area contributed by atoms with Crippen LogP contribution in [0.1, 0.15) is 26.5 Å². The van der Waals surface area contributed by atoms with Gasteiger partial charge in [0.1, 0.15) is 6.54 Å². The van der Waals surface area contributed by atoms with E-state index in [1.54, 1.807) is 31.2 Å². The van der Waals surface area contributed by atoms with Crippen LogP contribution in [0.25, 0.3) is 4.96 Å². The first kappa shape index (κ1) is 14.5. The van der Waals surface area contributed by atoms with Gasteiger partial charge in [0.05, 0.1) is 11.1 Å². The minimum atomic E-state index is -0.507. The molecule has 24 heavy (non-hydrogen) atoms. The molecule has 1 N–H and O–H groups in total. The molecule has 0 saturated carbocycles. The molecule has 0 spiro atoms. The lowest BCUT2D eigenvalue weighted by Gasteiger charge is -2.12. The number of anilines is 1. The molecule has 3 amide bonds. The van der Waals surface area contributed by atoms with Crippen LogP contribution in [-0.4, -0.2) is 49.0 Å². The Labute approximate surface area is 138 Å². The molecule has 10 heteroatoms. The van der Waals surface area contributed by atoms with E-state index in [0.29, 0.717) is 27.0 Å². The number of carbonyl (C=O) groups is 3. The summed E-state index contributed by atoms with van der Waals surface area (Å²) in [4.78, 5) is 38.1. The molecule has 0 fully saturated rings. The average Bonchev–Trinajstić information content (AvgIpc) is 3.19. The SMILES string of the molecule is Cc1nnc2sc(NC(=O)CN3C(=O)c4ccccc4C3=O)nn12. The van der Waals surface area contributed by atoms with Gasteiger partial charge in [0, 0.05) is 0 Å². The summed E-state index contributed by atoms with van der Waals surface area (Å²) in [6.45, 7) is 1.37. The molecule has 4 rings (SSSR count). The Morgan fingerprint density at radius 2 is 1.83 bits per heavy atom. The first-order valence-electron chi connectivity index (χ1n) is 6.98. The van der Waals surface area contributed by atoms with Gasteiger partial charge in [-0.3, -0.25) is 24.6 Å². The number of nitrogens with zero attached hydrogens (tertiary/aromatic N) is 5. The lowest BCUT2D eigenvalue weighted by Crippen LogP contribution is -2.37. The Bertz CT molecular complexity index is 972. The fraction of sp³-hybridized carbons (Fsp3) is 0.143. The molecule has 1 aliphatic rings.